The Morgan fingerprint density at radius 1 is 1.00 bits per heavy atom. The maximum absolute atomic E-state index is 11.7. The third-order valence-corrected chi connectivity index (χ3v) is 5.51. The predicted octanol–water partition coefficient (Wildman–Crippen LogP) is 4.99. The second-order valence-electron chi connectivity index (χ2n) is 7.04. The Hall–Kier alpha value is -3.25. The van der Waals surface area contributed by atoms with Crippen molar-refractivity contribution in [2.24, 2.45) is 4.99 Å². The van der Waals surface area contributed by atoms with Gasteiger partial charge in [-0.1, -0.05) is 50.2 Å². The smallest absolute Gasteiger partial charge is 0.280 e. The first-order chi connectivity index (χ1) is 14.1. The molecule has 0 unspecified atom stereocenters. The number of nitro benzene ring substituents is 1. The highest BCUT2D eigenvalue weighted by Crippen LogP contribution is 2.40. The molecule has 0 bridgehead atoms. The molecule has 4 rings (SSSR count). The molecule has 6 heteroatoms. The molecule has 148 valence electrons. The van der Waals surface area contributed by atoms with E-state index in [1.807, 2.05) is 24.3 Å². The van der Waals surface area contributed by atoms with Crippen LogP contribution in [-0.4, -0.2) is 41.8 Å². The lowest BCUT2D eigenvalue weighted by molar-refractivity contribution is -0.385. The van der Waals surface area contributed by atoms with E-state index in [4.69, 9.17) is 4.99 Å². The van der Waals surface area contributed by atoms with Crippen molar-refractivity contribution in [2.75, 3.05) is 31.1 Å². The fourth-order valence-electron chi connectivity index (χ4n) is 3.94. The normalized spacial score (nSPS) is 13.1. The Morgan fingerprint density at radius 3 is 2.45 bits per heavy atom. The summed E-state index contributed by atoms with van der Waals surface area (Å²) in [5.74, 6) is 0.635. The van der Waals surface area contributed by atoms with E-state index in [1.54, 1.807) is 18.2 Å². The number of likely N-dealkylation sites (N-methyl/N-ethyl adjacent to an activating group) is 1. The van der Waals surface area contributed by atoms with Crippen LogP contribution >= 0.6 is 0 Å². The molecule has 3 aromatic rings. The molecule has 0 fully saturated rings. The third-order valence-electron chi connectivity index (χ3n) is 5.51. The van der Waals surface area contributed by atoms with Gasteiger partial charge in [-0.3, -0.25) is 10.1 Å². The number of nitro groups is 1. The molecule has 0 spiro atoms. The fourth-order valence-corrected chi connectivity index (χ4v) is 3.94. The van der Waals surface area contributed by atoms with Gasteiger partial charge in [0.1, 0.15) is 5.84 Å². The number of anilines is 1. The van der Waals surface area contributed by atoms with E-state index in [9.17, 15) is 10.1 Å². The van der Waals surface area contributed by atoms with Gasteiger partial charge in [0.05, 0.1) is 21.9 Å². The first kappa shape index (κ1) is 19.1. The molecule has 29 heavy (non-hydrogen) atoms. The lowest BCUT2D eigenvalue weighted by Gasteiger charge is -2.33. The maximum atomic E-state index is 11.7. The minimum atomic E-state index is -0.332. The Bertz CT molecular complexity index is 1080. The van der Waals surface area contributed by atoms with E-state index in [-0.39, 0.29) is 10.6 Å². The molecule has 0 N–H and O–H groups in total. The van der Waals surface area contributed by atoms with Crippen molar-refractivity contribution >= 4 is 33.7 Å². The van der Waals surface area contributed by atoms with Gasteiger partial charge in [-0.15, -0.1) is 0 Å². The summed E-state index contributed by atoms with van der Waals surface area (Å²) in [6.07, 6.45) is 0. The minimum absolute atomic E-state index is 0.0747. The Balaban J connectivity index is 1.89. The number of hydrogen-bond donors (Lipinski definition) is 0. The average Bonchev–Trinajstić information content (AvgIpc) is 2.75. The van der Waals surface area contributed by atoms with Crippen LogP contribution in [0.3, 0.4) is 0 Å². The van der Waals surface area contributed by atoms with E-state index < -0.39 is 0 Å². The first-order valence-corrected chi connectivity index (χ1v) is 9.98. The molecule has 0 aliphatic carbocycles. The summed E-state index contributed by atoms with van der Waals surface area (Å²) in [7, 11) is 0. The SMILES string of the molecule is CCN(CC)CCN1C(c2ccccc2[N+](=O)[O-])=Nc2cccc3cccc1c23. The highest BCUT2D eigenvalue weighted by molar-refractivity contribution is 6.21. The number of para-hydroxylation sites is 1. The topological polar surface area (TPSA) is 62.0 Å². The molecule has 0 saturated carbocycles. The van der Waals surface area contributed by atoms with Gasteiger partial charge < -0.3 is 9.80 Å². The van der Waals surface area contributed by atoms with Crippen molar-refractivity contribution in [2.45, 2.75) is 13.8 Å². The van der Waals surface area contributed by atoms with E-state index >= 15 is 0 Å². The average molecular weight is 388 g/mol. The van der Waals surface area contributed by atoms with Crippen LogP contribution < -0.4 is 4.90 Å². The highest BCUT2D eigenvalue weighted by Gasteiger charge is 2.28. The summed E-state index contributed by atoms with van der Waals surface area (Å²) < 4.78 is 0. The van der Waals surface area contributed by atoms with Gasteiger partial charge in [0, 0.05) is 24.5 Å². The molecule has 1 aliphatic heterocycles. The first-order valence-electron chi connectivity index (χ1n) is 9.98. The maximum Gasteiger partial charge on any atom is 0.280 e. The standard InChI is InChI=1S/C23H24N4O2/c1-3-25(4-2)15-16-26-21-14-8-10-17-9-7-12-19(22(17)21)24-23(26)18-11-5-6-13-20(18)27(28)29/h5-14H,3-4,15-16H2,1-2H3. The molecular weight excluding hydrogens is 364 g/mol. The molecule has 0 radical (unpaired) electrons. The van der Waals surface area contributed by atoms with Gasteiger partial charge in [0.15, 0.2) is 0 Å². The number of benzene rings is 3. The molecule has 0 saturated heterocycles. The van der Waals surface area contributed by atoms with E-state index in [2.05, 4.69) is 41.8 Å². The van der Waals surface area contributed by atoms with Crippen LogP contribution in [0.2, 0.25) is 0 Å². The predicted molar refractivity (Wildman–Crippen MR) is 118 cm³/mol. The minimum Gasteiger partial charge on any atom is -0.324 e. The number of rotatable bonds is 7. The van der Waals surface area contributed by atoms with Crippen LogP contribution in [0.5, 0.6) is 0 Å². The van der Waals surface area contributed by atoms with E-state index in [1.165, 1.54) is 0 Å². The molecule has 1 heterocycles. The van der Waals surface area contributed by atoms with Crippen molar-refractivity contribution in [1.82, 2.24) is 4.90 Å². The number of hydrogen-bond acceptors (Lipinski definition) is 5. The molecule has 0 aromatic heterocycles. The summed E-state index contributed by atoms with van der Waals surface area (Å²) in [6, 6.07) is 19.1. The molecular formula is C23H24N4O2. The summed E-state index contributed by atoms with van der Waals surface area (Å²) in [5, 5.41) is 13.9. The number of aliphatic imine (C=N–C) groups is 1. The van der Waals surface area contributed by atoms with Crippen molar-refractivity contribution < 1.29 is 4.92 Å². The molecule has 0 amide bonds. The molecule has 6 nitrogen and oxygen atoms in total. The van der Waals surface area contributed by atoms with Gasteiger partial charge in [0.2, 0.25) is 0 Å². The second-order valence-corrected chi connectivity index (χ2v) is 7.04. The molecule has 3 aromatic carbocycles. The van der Waals surface area contributed by atoms with Crippen LogP contribution in [0.25, 0.3) is 10.8 Å². The number of amidine groups is 1. The fraction of sp³-hybridized carbons (Fsp3) is 0.261. The van der Waals surface area contributed by atoms with Crippen LogP contribution in [0, 0.1) is 10.1 Å². The van der Waals surface area contributed by atoms with E-state index in [0.29, 0.717) is 17.9 Å². The molecule has 1 aliphatic rings. The zero-order chi connectivity index (χ0) is 20.4. The van der Waals surface area contributed by atoms with Crippen molar-refractivity contribution in [3.63, 3.8) is 0 Å². The Kier molecular flexibility index (Phi) is 5.27. The quantitative estimate of drug-likeness (QED) is 0.423. The number of nitrogens with zero attached hydrogens (tertiary/aromatic N) is 4. The van der Waals surface area contributed by atoms with Crippen LogP contribution in [0.1, 0.15) is 19.4 Å². The molecule has 0 atom stereocenters. The lowest BCUT2D eigenvalue weighted by Crippen LogP contribution is -2.40. The second kappa shape index (κ2) is 8.01. The van der Waals surface area contributed by atoms with Crippen molar-refractivity contribution in [1.29, 1.82) is 0 Å². The van der Waals surface area contributed by atoms with Crippen LogP contribution in [-0.2, 0) is 0 Å². The Labute approximate surface area is 170 Å². The van der Waals surface area contributed by atoms with E-state index in [0.717, 1.165) is 41.8 Å². The largest absolute Gasteiger partial charge is 0.324 e. The van der Waals surface area contributed by atoms with Gasteiger partial charge in [-0.2, -0.15) is 0 Å². The Morgan fingerprint density at radius 2 is 1.72 bits per heavy atom. The highest BCUT2D eigenvalue weighted by atomic mass is 16.6. The summed E-state index contributed by atoms with van der Waals surface area (Å²) >= 11 is 0. The summed E-state index contributed by atoms with van der Waals surface area (Å²) in [6.45, 7) is 7.77. The van der Waals surface area contributed by atoms with Gasteiger partial charge in [-0.05, 0) is 36.7 Å². The van der Waals surface area contributed by atoms with Gasteiger partial charge in [-0.25, -0.2) is 4.99 Å². The summed E-state index contributed by atoms with van der Waals surface area (Å²) in [5.41, 5.74) is 2.52. The van der Waals surface area contributed by atoms with Gasteiger partial charge >= 0.3 is 0 Å². The monoisotopic (exact) mass is 388 g/mol. The van der Waals surface area contributed by atoms with Crippen LogP contribution in [0.15, 0.2) is 65.7 Å². The van der Waals surface area contributed by atoms with Crippen molar-refractivity contribution in [3.05, 3.63) is 76.3 Å². The zero-order valence-electron chi connectivity index (χ0n) is 16.7. The zero-order valence-corrected chi connectivity index (χ0v) is 16.7. The summed E-state index contributed by atoms with van der Waals surface area (Å²) in [4.78, 5) is 20.7. The third kappa shape index (κ3) is 3.47. The van der Waals surface area contributed by atoms with Crippen LogP contribution in [0.4, 0.5) is 17.1 Å². The van der Waals surface area contributed by atoms with Gasteiger partial charge in [0.25, 0.3) is 5.69 Å². The van der Waals surface area contributed by atoms with Crippen molar-refractivity contribution in [3.8, 4) is 0 Å². The lowest BCUT2D eigenvalue weighted by atomic mass is 10.0.